The van der Waals surface area contributed by atoms with Gasteiger partial charge in [-0.25, -0.2) is 9.86 Å². The molecule has 0 radical (unpaired) electrons. The van der Waals surface area contributed by atoms with E-state index in [-0.39, 0.29) is 6.03 Å². The smallest absolute Gasteiger partial charge is 0.309 e. The van der Waals surface area contributed by atoms with Gasteiger partial charge in [0.25, 0.3) is 0 Å². The van der Waals surface area contributed by atoms with Crippen molar-refractivity contribution in [2.24, 2.45) is 0 Å². The van der Waals surface area contributed by atoms with Gasteiger partial charge in [-0.1, -0.05) is 6.07 Å². The molecule has 6 nitrogen and oxygen atoms in total. The Morgan fingerprint density at radius 1 is 1.56 bits per heavy atom. The molecule has 0 atom stereocenters. The van der Waals surface area contributed by atoms with Gasteiger partial charge in [0, 0.05) is 38.6 Å². The fraction of sp³-hybridized carbons (Fsp3) is 0.500. The maximum Gasteiger partial charge on any atom is 0.344 e. The molecule has 0 bridgehead atoms. The molecule has 2 rings (SSSR count). The Hall–Kier alpha value is -1.66. The highest BCUT2D eigenvalue weighted by Crippen LogP contribution is 2.11. The van der Waals surface area contributed by atoms with Crippen molar-refractivity contribution in [2.45, 2.75) is 13.5 Å². The van der Waals surface area contributed by atoms with Gasteiger partial charge in [-0.2, -0.15) is 0 Å². The Morgan fingerprint density at radius 2 is 2.39 bits per heavy atom. The molecule has 0 spiro atoms. The Morgan fingerprint density at radius 3 is 3.06 bits per heavy atom. The lowest BCUT2D eigenvalue weighted by Gasteiger charge is -2.22. The van der Waals surface area contributed by atoms with Gasteiger partial charge < -0.3 is 4.90 Å². The van der Waals surface area contributed by atoms with Crippen LogP contribution >= 0.6 is 0 Å². The average Bonchev–Trinajstić information content (AvgIpc) is 2.86. The molecule has 1 aliphatic rings. The van der Waals surface area contributed by atoms with Crippen LogP contribution in [0, 0.1) is 0 Å². The van der Waals surface area contributed by atoms with Crippen LogP contribution in [0.2, 0.25) is 0 Å². The van der Waals surface area contributed by atoms with Gasteiger partial charge in [-0.05, 0) is 18.6 Å². The molecule has 0 saturated carbocycles. The largest absolute Gasteiger partial charge is 0.344 e. The van der Waals surface area contributed by atoms with E-state index in [1.807, 2.05) is 18.3 Å². The van der Waals surface area contributed by atoms with E-state index < -0.39 is 0 Å². The first-order valence-corrected chi connectivity index (χ1v) is 6.07. The van der Waals surface area contributed by atoms with Crippen LogP contribution in [-0.4, -0.2) is 57.4 Å². The van der Waals surface area contributed by atoms with E-state index in [9.17, 15) is 10.0 Å². The summed E-state index contributed by atoms with van der Waals surface area (Å²) in [5, 5.41) is 10.1. The molecule has 0 unspecified atom stereocenters. The Labute approximate surface area is 106 Å². The number of hydroxylamine groups is 2. The Kier molecular flexibility index (Phi) is 4.11. The number of nitrogens with zero attached hydrogens (tertiary/aromatic N) is 4. The van der Waals surface area contributed by atoms with Gasteiger partial charge in [0.15, 0.2) is 0 Å². The monoisotopic (exact) mass is 250 g/mol. The third-order valence-electron chi connectivity index (χ3n) is 2.98. The molecule has 18 heavy (non-hydrogen) atoms. The maximum atomic E-state index is 11.7. The van der Waals surface area contributed by atoms with E-state index in [1.54, 1.807) is 18.0 Å². The van der Waals surface area contributed by atoms with Crippen LogP contribution in [0.25, 0.3) is 0 Å². The molecule has 1 saturated heterocycles. The van der Waals surface area contributed by atoms with Crippen LogP contribution in [0.15, 0.2) is 24.5 Å². The van der Waals surface area contributed by atoms with Crippen molar-refractivity contribution < 1.29 is 10.0 Å². The van der Waals surface area contributed by atoms with Gasteiger partial charge in [0.1, 0.15) is 0 Å². The predicted molar refractivity (Wildman–Crippen MR) is 65.8 cm³/mol. The van der Waals surface area contributed by atoms with E-state index >= 15 is 0 Å². The van der Waals surface area contributed by atoms with Crippen molar-refractivity contribution in [2.75, 3.05) is 26.3 Å². The van der Waals surface area contributed by atoms with E-state index in [1.165, 1.54) is 0 Å². The molecule has 2 amide bonds. The Bertz CT molecular complexity index is 398. The molecule has 1 aromatic heterocycles. The first kappa shape index (κ1) is 12.8. The molecule has 1 aliphatic heterocycles. The molecule has 0 aliphatic carbocycles. The van der Waals surface area contributed by atoms with Crippen molar-refractivity contribution in [3.05, 3.63) is 30.1 Å². The van der Waals surface area contributed by atoms with Crippen LogP contribution in [0.1, 0.15) is 12.5 Å². The number of pyridine rings is 1. The molecule has 6 heteroatoms. The van der Waals surface area contributed by atoms with Gasteiger partial charge in [-0.15, -0.1) is 0 Å². The number of urea groups is 1. The summed E-state index contributed by atoms with van der Waals surface area (Å²) < 4.78 is 0. The van der Waals surface area contributed by atoms with E-state index in [0.717, 1.165) is 23.7 Å². The summed E-state index contributed by atoms with van der Waals surface area (Å²) in [6.07, 6.45) is 3.57. The van der Waals surface area contributed by atoms with Gasteiger partial charge >= 0.3 is 6.03 Å². The molecular weight excluding hydrogens is 232 g/mol. The summed E-state index contributed by atoms with van der Waals surface area (Å²) in [5.41, 5.74) is 1.13. The summed E-state index contributed by atoms with van der Waals surface area (Å²) >= 11 is 0. The quantitative estimate of drug-likeness (QED) is 0.642. The normalized spacial score (nSPS) is 16.0. The van der Waals surface area contributed by atoms with Gasteiger partial charge in [-0.3, -0.25) is 15.1 Å². The van der Waals surface area contributed by atoms with E-state index in [2.05, 4.69) is 9.88 Å². The number of rotatable bonds is 3. The van der Waals surface area contributed by atoms with Crippen molar-refractivity contribution in [1.29, 1.82) is 0 Å². The average molecular weight is 250 g/mol. The van der Waals surface area contributed by atoms with E-state index in [0.29, 0.717) is 19.8 Å². The van der Waals surface area contributed by atoms with Crippen molar-refractivity contribution >= 4 is 6.03 Å². The number of amides is 2. The van der Waals surface area contributed by atoms with Crippen LogP contribution in [0.3, 0.4) is 0 Å². The van der Waals surface area contributed by atoms with Crippen LogP contribution in [-0.2, 0) is 6.54 Å². The van der Waals surface area contributed by atoms with Crippen LogP contribution in [0.4, 0.5) is 4.79 Å². The second kappa shape index (κ2) is 5.79. The zero-order chi connectivity index (χ0) is 13.0. The first-order chi connectivity index (χ1) is 8.70. The van der Waals surface area contributed by atoms with Crippen molar-refractivity contribution in [1.82, 2.24) is 19.8 Å². The minimum Gasteiger partial charge on any atom is -0.309 e. The summed E-state index contributed by atoms with van der Waals surface area (Å²) in [4.78, 5) is 19.6. The highest BCUT2D eigenvalue weighted by molar-refractivity contribution is 5.73. The lowest BCUT2D eigenvalue weighted by Crippen LogP contribution is -2.40. The van der Waals surface area contributed by atoms with Crippen molar-refractivity contribution in [3.8, 4) is 0 Å². The summed E-state index contributed by atoms with van der Waals surface area (Å²) in [6.45, 7) is 4.83. The molecule has 2 heterocycles. The SMILES string of the molecule is CCN(O)C(=O)N1CCN(Cc2cccnc2)C1. The molecule has 1 fully saturated rings. The van der Waals surface area contributed by atoms with Crippen LogP contribution < -0.4 is 0 Å². The zero-order valence-corrected chi connectivity index (χ0v) is 10.5. The fourth-order valence-corrected chi connectivity index (χ4v) is 1.98. The highest BCUT2D eigenvalue weighted by Gasteiger charge is 2.26. The zero-order valence-electron chi connectivity index (χ0n) is 10.5. The highest BCUT2D eigenvalue weighted by atomic mass is 16.5. The van der Waals surface area contributed by atoms with Crippen molar-refractivity contribution in [3.63, 3.8) is 0 Å². The molecule has 1 aromatic rings. The third-order valence-corrected chi connectivity index (χ3v) is 2.98. The third kappa shape index (κ3) is 2.96. The number of hydrogen-bond donors (Lipinski definition) is 1. The molecular formula is C12H18N4O2. The number of aromatic nitrogens is 1. The summed E-state index contributed by atoms with van der Waals surface area (Å²) in [6, 6.07) is 3.59. The molecule has 0 aromatic carbocycles. The summed E-state index contributed by atoms with van der Waals surface area (Å²) in [7, 11) is 0. The fourth-order valence-electron chi connectivity index (χ4n) is 1.98. The number of hydrogen-bond acceptors (Lipinski definition) is 4. The number of carbonyl (C=O) groups excluding carboxylic acids is 1. The molecule has 1 N–H and O–H groups in total. The second-order valence-electron chi connectivity index (χ2n) is 4.32. The standard InChI is InChI=1S/C12H18N4O2/c1-2-16(18)12(17)15-7-6-14(10-15)9-11-4-3-5-13-8-11/h3-5,8,18H,2,6-7,9-10H2,1H3. The summed E-state index contributed by atoms with van der Waals surface area (Å²) in [5.74, 6) is 0. The minimum atomic E-state index is -0.328. The second-order valence-corrected chi connectivity index (χ2v) is 4.32. The lowest BCUT2D eigenvalue weighted by atomic mass is 10.3. The van der Waals surface area contributed by atoms with Gasteiger partial charge in [0.05, 0.1) is 6.67 Å². The lowest BCUT2D eigenvalue weighted by molar-refractivity contribution is -0.0516. The van der Waals surface area contributed by atoms with Crippen LogP contribution in [0.5, 0.6) is 0 Å². The van der Waals surface area contributed by atoms with Gasteiger partial charge in [0.2, 0.25) is 0 Å². The number of carbonyl (C=O) groups is 1. The minimum absolute atomic E-state index is 0.304. The Balaban J connectivity index is 1.87. The van der Waals surface area contributed by atoms with E-state index in [4.69, 9.17) is 0 Å². The topological polar surface area (TPSA) is 59.9 Å². The molecule has 98 valence electrons. The first-order valence-electron chi connectivity index (χ1n) is 6.07. The maximum absolute atomic E-state index is 11.7. The predicted octanol–water partition coefficient (Wildman–Crippen LogP) is 0.988.